The maximum absolute atomic E-state index is 10.5. The fraction of sp³-hybridized carbons (Fsp3) is 0.667. The van der Waals surface area contributed by atoms with Crippen molar-refractivity contribution in [2.75, 3.05) is 6.61 Å². The number of hydrogen-bond donors (Lipinski definition) is 2. The Bertz CT molecular complexity index is 363. The van der Waals surface area contributed by atoms with E-state index >= 15 is 0 Å². The van der Waals surface area contributed by atoms with Gasteiger partial charge in [-0.15, -0.1) is 0 Å². The first-order valence-electron chi connectivity index (χ1n) is 6.08. The number of carbonyl (C=O) groups is 1. The van der Waals surface area contributed by atoms with Crippen molar-refractivity contribution in [3.8, 4) is 0 Å². The first kappa shape index (κ1) is 12.1. The number of hydrogen-bond acceptors (Lipinski definition) is 4. The van der Waals surface area contributed by atoms with Gasteiger partial charge in [-0.05, 0) is 38.2 Å². The summed E-state index contributed by atoms with van der Waals surface area (Å²) >= 11 is 0. The van der Waals surface area contributed by atoms with E-state index in [-0.39, 0.29) is 6.61 Å². The van der Waals surface area contributed by atoms with Gasteiger partial charge >= 0.3 is 0 Å². The van der Waals surface area contributed by atoms with Crippen LogP contribution in [0.4, 0.5) is 0 Å². The molecule has 1 saturated heterocycles. The lowest BCUT2D eigenvalue weighted by Crippen LogP contribution is -2.31. The molecular formula is C12H19N3O2. The van der Waals surface area contributed by atoms with Gasteiger partial charge in [0.05, 0.1) is 5.71 Å². The van der Waals surface area contributed by atoms with E-state index in [0.29, 0.717) is 12.1 Å². The molecule has 0 aromatic carbocycles. The molecule has 1 fully saturated rings. The van der Waals surface area contributed by atoms with Gasteiger partial charge in [0.1, 0.15) is 0 Å². The van der Waals surface area contributed by atoms with E-state index in [4.69, 9.17) is 10.6 Å². The molecule has 0 aromatic heterocycles. The topological polar surface area (TPSA) is 76.7 Å². The molecule has 0 saturated carbocycles. The van der Waals surface area contributed by atoms with Crippen LogP contribution in [-0.4, -0.2) is 30.3 Å². The quantitative estimate of drug-likeness (QED) is 0.558. The first-order valence-corrected chi connectivity index (χ1v) is 6.08. The zero-order chi connectivity index (χ0) is 12.3. The minimum absolute atomic E-state index is 0.161. The van der Waals surface area contributed by atoms with Crippen molar-refractivity contribution >= 4 is 11.6 Å². The molecule has 0 radical (unpaired) electrons. The molecule has 2 unspecified atom stereocenters. The Morgan fingerprint density at radius 1 is 1.59 bits per heavy atom. The largest absolute Gasteiger partial charge is 0.385 e. The fourth-order valence-electron chi connectivity index (χ4n) is 2.52. The number of nitrogens with zero attached hydrogens (tertiary/aromatic N) is 1. The summed E-state index contributed by atoms with van der Waals surface area (Å²) in [5, 5.41) is 7.54. The third-order valence-corrected chi connectivity index (χ3v) is 3.32. The average molecular weight is 237 g/mol. The number of amides is 1. The molecular weight excluding hydrogens is 218 g/mol. The number of nitrogens with one attached hydrogen (secondary N) is 1. The monoisotopic (exact) mass is 237 g/mol. The van der Waals surface area contributed by atoms with Crippen LogP contribution < -0.4 is 11.1 Å². The lowest BCUT2D eigenvalue weighted by molar-refractivity contribution is -0.122. The van der Waals surface area contributed by atoms with Gasteiger partial charge < -0.3 is 15.9 Å². The second-order valence-corrected chi connectivity index (χ2v) is 4.65. The van der Waals surface area contributed by atoms with Gasteiger partial charge in [0, 0.05) is 12.1 Å². The van der Waals surface area contributed by atoms with Crippen molar-refractivity contribution < 1.29 is 9.63 Å². The van der Waals surface area contributed by atoms with Crippen LogP contribution in [0.2, 0.25) is 0 Å². The Morgan fingerprint density at radius 2 is 2.41 bits per heavy atom. The molecule has 5 heteroatoms. The van der Waals surface area contributed by atoms with Crippen molar-refractivity contribution in [3.05, 3.63) is 11.6 Å². The lowest BCUT2D eigenvalue weighted by atomic mass is 9.97. The van der Waals surface area contributed by atoms with Gasteiger partial charge in [-0.2, -0.15) is 0 Å². The number of fused-ring (bicyclic) bond motifs is 2. The number of carbonyl (C=O) groups excluding carboxylic acids is 1. The van der Waals surface area contributed by atoms with Crippen molar-refractivity contribution in [2.24, 2.45) is 10.9 Å². The summed E-state index contributed by atoms with van der Waals surface area (Å²) < 4.78 is 0. The number of oxime groups is 1. The number of primary amides is 1. The summed E-state index contributed by atoms with van der Waals surface area (Å²) in [4.78, 5) is 15.4. The van der Waals surface area contributed by atoms with E-state index in [1.807, 2.05) is 6.92 Å². The second kappa shape index (κ2) is 5.31. The normalized spacial score (nSPS) is 28.5. The maximum atomic E-state index is 10.5. The van der Waals surface area contributed by atoms with Crippen molar-refractivity contribution in [1.29, 1.82) is 0 Å². The summed E-state index contributed by atoms with van der Waals surface area (Å²) in [6, 6.07) is 1.04. The van der Waals surface area contributed by atoms with E-state index in [2.05, 4.69) is 16.5 Å². The zero-order valence-corrected chi connectivity index (χ0v) is 10.1. The molecule has 0 spiro atoms. The summed E-state index contributed by atoms with van der Waals surface area (Å²) in [7, 11) is 0. The van der Waals surface area contributed by atoms with E-state index in [1.165, 1.54) is 18.4 Å². The Kier molecular flexibility index (Phi) is 3.78. The van der Waals surface area contributed by atoms with Gasteiger partial charge in [0.25, 0.3) is 5.91 Å². The third-order valence-electron chi connectivity index (χ3n) is 3.32. The van der Waals surface area contributed by atoms with Gasteiger partial charge in [0.2, 0.25) is 0 Å². The molecule has 5 nitrogen and oxygen atoms in total. The number of rotatable bonds is 4. The zero-order valence-electron chi connectivity index (χ0n) is 10.1. The Morgan fingerprint density at radius 3 is 3.18 bits per heavy atom. The highest BCUT2D eigenvalue weighted by molar-refractivity contribution is 5.99. The van der Waals surface area contributed by atoms with Crippen LogP contribution in [0.25, 0.3) is 0 Å². The molecule has 2 aliphatic heterocycles. The molecule has 0 aliphatic carbocycles. The minimum Gasteiger partial charge on any atom is -0.385 e. The second-order valence-electron chi connectivity index (χ2n) is 4.65. The Hall–Kier alpha value is -1.36. The maximum Gasteiger partial charge on any atom is 0.258 e. The highest BCUT2D eigenvalue weighted by Crippen LogP contribution is 2.26. The minimum atomic E-state index is -0.504. The highest BCUT2D eigenvalue weighted by Gasteiger charge is 2.29. The SMILES string of the molecule is CC(=NOCC(N)=O)C1=CCCC2CCC1N2. The van der Waals surface area contributed by atoms with Crippen LogP contribution in [0.3, 0.4) is 0 Å². The molecule has 2 rings (SSSR count). The van der Waals surface area contributed by atoms with E-state index in [1.54, 1.807) is 0 Å². The molecule has 2 atom stereocenters. The first-order chi connectivity index (χ1) is 8.16. The van der Waals surface area contributed by atoms with Crippen molar-refractivity contribution in [2.45, 2.75) is 44.7 Å². The van der Waals surface area contributed by atoms with Crippen LogP contribution in [0, 0.1) is 0 Å². The summed E-state index contributed by atoms with van der Waals surface area (Å²) in [5.41, 5.74) is 7.02. The van der Waals surface area contributed by atoms with Crippen LogP contribution >= 0.6 is 0 Å². The van der Waals surface area contributed by atoms with E-state index in [0.717, 1.165) is 18.6 Å². The summed E-state index contributed by atoms with van der Waals surface area (Å²) in [6.07, 6.45) is 6.88. The Labute approximate surface area is 101 Å². The van der Waals surface area contributed by atoms with E-state index in [9.17, 15) is 4.79 Å². The van der Waals surface area contributed by atoms with Crippen LogP contribution in [0.5, 0.6) is 0 Å². The number of allylic oxidation sites excluding steroid dienone is 1. The van der Waals surface area contributed by atoms with Gasteiger partial charge in [-0.1, -0.05) is 11.2 Å². The van der Waals surface area contributed by atoms with Crippen LogP contribution in [0.15, 0.2) is 16.8 Å². The predicted octanol–water partition coefficient (Wildman–Crippen LogP) is 0.705. The molecule has 3 N–H and O–H groups in total. The third kappa shape index (κ3) is 3.06. The predicted molar refractivity (Wildman–Crippen MR) is 65.5 cm³/mol. The molecule has 94 valence electrons. The van der Waals surface area contributed by atoms with Crippen LogP contribution in [-0.2, 0) is 9.63 Å². The van der Waals surface area contributed by atoms with Gasteiger partial charge in [0.15, 0.2) is 6.61 Å². The Balaban J connectivity index is 1.99. The fourth-order valence-corrected chi connectivity index (χ4v) is 2.52. The van der Waals surface area contributed by atoms with Crippen molar-refractivity contribution in [3.63, 3.8) is 0 Å². The van der Waals surface area contributed by atoms with E-state index < -0.39 is 5.91 Å². The summed E-state index contributed by atoms with van der Waals surface area (Å²) in [6.45, 7) is 1.75. The average Bonchev–Trinajstić information content (AvgIpc) is 2.59. The smallest absolute Gasteiger partial charge is 0.258 e. The van der Waals surface area contributed by atoms with Gasteiger partial charge in [-0.3, -0.25) is 4.79 Å². The lowest BCUT2D eigenvalue weighted by Gasteiger charge is -2.14. The van der Waals surface area contributed by atoms with Crippen LogP contribution in [0.1, 0.15) is 32.6 Å². The number of nitrogens with two attached hydrogens (primary N) is 1. The summed E-state index contributed by atoms with van der Waals surface area (Å²) in [5.74, 6) is -0.504. The molecule has 2 bridgehead atoms. The van der Waals surface area contributed by atoms with Gasteiger partial charge in [-0.25, -0.2) is 0 Å². The molecule has 2 heterocycles. The standard InChI is InChI=1S/C12H19N3O2/c1-8(15-17-7-12(13)16)10-4-2-3-9-5-6-11(10)14-9/h4,9,11,14H,2-3,5-7H2,1H3,(H2,13,16). The highest BCUT2D eigenvalue weighted by atomic mass is 16.6. The molecule has 0 aromatic rings. The molecule has 2 aliphatic rings. The van der Waals surface area contributed by atoms with Crippen molar-refractivity contribution in [1.82, 2.24) is 5.32 Å². The molecule has 1 amide bonds. The molecule has 17 heavy (non-hydrogen) atoms.